The first-order chi connectivity index (χ1) is 15.3. The number of hydrogen-bond acceptors (Lipinski definition) is 2. The lowest BCUT2D eigenvalue weighted by Crippen LogP contribution is -2.58. The minimum absolute atomic E-state index is 0.415. The summed E-state index contributed by atoms with van der Waals surface area (Å²) in [5.41, 5.74) is 6.81. The van der Waals surface area contributed by atoms with Gasteiger partial charge in [0, 0.05) is 6.61 Å². The highest BCUT2D eigenvalue weighted by Crippen LogP contribution is 2.68. The van der Waals surface area contributed by atoms with Crippen molar-refractivity contribution in [2.45, 2.75) is 124 Å². The smallest absolute Gasteiger partial charge is 0.0634 e. The van der Waals surface area contributed by atoms with E-state index in [1.165, 1.54) is 77.0 Å². The molecule has 0 saturated heterocycles. The second-order valence-corrected chi connectivity index (χ2v) is 13.5. The molecule has 0 aromatic rings. The summed E-state index contributed by atoms with van der Waals surface area (Å²) in [7, 11) is 0. The molecule has 0 heterocycles. The third-order valence-electron chi connectivity index (χ3n) is 11.5. The summed E-state index contributed by atoms with van der Waals surface area (Å²) >= 11 is 0. The van der Waals surface area contributed by atoms with Gasteiger partial charge < -0.3 is 10.5 Å². The fourth-order valence-electron chi connectivity index (χ4n) is 9.88. The minimum Gasteiger partial charge on any atom is -0.378 e. The van der Waals surface area contributed by atoms with E-state index >= 15 is 0 Å². The Labute approximate surface area is 200 Å². The summed E-state index contributed by atoms with van der Waals surface area (Å²) in [5.74, 6) is 6.47. The molecule has 2 heteroatoms. The second kappa shape index (κ2) is 10.3. The molecule has 0 aliphatic heterocycles. The van der Waals surface area contributed by atoms with Crippen LogP contribution in [0.15, 0.2) is 0 Å². The predicted molar refractivity (Wildman–Crippen MR) is 136 cm³/mol. The highest BCUT2D eigenvalue weighted by atomic mass is 16.5. The zero-order valence-corrected chi connectivity index (χ0v) is 22.2. The Balaban J connectivity index is 1.48. The molecule has 4 fully saturated rings. The van der Waals surface area contributed by atoms with E-state index in [1.807, 2.05) is 0 Å². The molecule has 0 amide bonds. The Bertz CT molecular complexity index is 604. The summed E-state index contributed by atoms with van der Waals surface area (Å²) in [6.45, 7) is 14.4. The maximum Gasteiger partial charge on any atom is 0.0634 e. The molecular weight excluding hydrogens is 390 g/mol. The van der Waals surface area contributed by atoms with Crippen LogP contribution in [0.4, 0.5) is 0 Å². The van der Waals surface area contributed by atoms with Crippen LogP contribution in [0.1, 0.15) is 118 Å². The van der Waals surface area contributed by atoms with Crippen LogP contribution in [0.25, 0.3) is 0 Å². The Morgan fingerprint density at radius 3 is 2.44 bits per heavy atom. The molecule has 4 rings (SSSR count). The van der Waals surface area contributed by atoms with Crippen molar-refractivity contribution in [3.63, 3.8) is 0 Å². The first-order valence-electron chi connectivity index (χ1n) is 14.6. The highest BCUT2D eigenvalue weighted by molar-refractivity contribution is 5.11. The minimum atomic E-state index is 0.415. The summed E-state index contributed by atoms with van der Waals surface area (Å²) in [5, 5.41) is 0. The topological polar surface area (TPSA) is 35.2 Å². The zero-order chi connectivity index (χ0) is 22.9. The molecule has 0 radical (unpaired) electrons. The molecular formula is C30H55NO. The maximum atomic E-state index is 6.62. The summed E-state index contributed by atoms with van der Waals surface area (Å²) in [4.78, 5) is 0. The second-order valence-electron chi connectivity index (χ2n) is 13.5. The van der Waals surface area contributed by atoms with Gasteiger partial charge in [-0.3, -0.25) is 0 Å². The number of rotatable bonds is 9. The maximum absolute atomic E-state index is 6.62. The first-order valence-corrected chi connectivity index (χ1v) is 14.6. The van der Waals surface area contributed by atoms with E-state index in [-0.39, 0.29) is 0 Å². The van der Waals surface area contributed by atoms with Crippen LogP contribution in [-0.4, -0.2) is 19.3 Å². The van der Waals surface area contributed by atoms with Crippen LogP contribution in [0.5, 0.6) is 0 Å². The third kappa shape index (κ3) is 4.46. The van der Waals surface area contributed by atoms with Gasteiger partial charge >= 0.3 is 0 Å². The molecule has 4 aliphatic carbocycles. The van der Waals surface area contributed by atoms with Crippen molar-refractivity contribution in [2.24, 2.45) is 58.0 Å². The number of ether oxygens (including phenoxy) is 1. The SMILES string of the molecule is CC(C)CCC[C@@H](C)[C@H]1CC[C@H]2[C@@H]3CCC4CCCC(OCCCN)[C@]4(C)[C@H]3CC[C@]12C. The number of nitrogens with two attached hydrogens (primary N) is 1. The van der Waals surface area contributed by atoms with Crippen LogP contribution < -0.4 is 5.73 Å². The van der Waals surface area contributed by atoms with Crippen LogP contribution in [0.3, 0.4) is 0 Å². The lowest BCUT2D eigenvalue weighted by Gasteiger charge is -2.62. The van der Waals surface area contributed by atoms with Crippen molar-refractivity contribution in [1.29, 1.82) is 0 Å². The van der Waals surface area contributed by atoms with Gasteiger partial charge in [-0.25, -0.2) is 0 Å². The van der Waals surface area contributed by atoms with Gasteiger partial charge in [-0.2, -0.15) is 0 Å². The van der Waals surface area contributed by atoms with Crippen LogP contribution >= 0.6 is 0 Å². The Morgan fingerprint density at radius 2 is 1.69 bits per heavy atom. The molecule has 0 aromatic carbocycles. The Morgan fingerprint density at radius 1 is 0.875 bits per heavy atom. The predicted octanol–water partition coefficient (Wildman–Crippen LogP) is 7.84. The van der Waals surface area contributed by atoms with Crippen LogP contribution in [0, 0.1) is 52.3 Å². The highest BCUT2D eigenvalue weighted by Gasteiger charge is 2.62. The molecule has 0 spiro atoms. The Hall–Kier alpha value is -0.0800. The molecule has 4 saturated carbocycles. The van der Waals surface area contributed by atoms with Crippen molar-refractivity contribution in [1.82, 2.24) is 0 Å². The van der Waals surface area contributed by atoms with E-state index in [0.717, 1.165) is 61.0 Å². The lowest BCUT2D eigenvalue weighted by molar-refractivity contribution is -0.181. The lowest BCUT2D eigenvalue weighted by atomic mass is 9.44. The Kier molecular flexibility index (Phi) is 8.03. The third-order valence-corrected chi connectivity index (χ3v) is 11.5. The average Bonchev–Trinajstić information content (AvgIpc) is 3.11. The van der Waals surface area contributed by atoms with Gasteiger partial charge in [0.15, 0.2) is 0 Å². The molecule has 2 unspecified atom stereocenters. The molecule has 0 aromatic heterocycles. The fraction of sp³-hybridized carbons (Fsp3) is 1.00. The molecule has 186 valence electrons. The average molecular weight is 446 g/mol. The number of fused-ring (bicyclic) bond motifs is 5. The molecule has 9 atom stereocenters. The van der Waals surface area contributed by atoms with E-state index in [1.54, 1.807) is 0 Å². The summed E-state index contributed by atoms with van der Waals surface area (Å²) in [6, 6.07) is 0. The van der Waals surface area contributed by atoms with Crippen LogP contribution in [0.2, 0.25) is 0 Å². The fourth-order valence-corrected chi connectivity index (χ4v) is 9.88. The summed E-state index contributed by atoms with van der Waals surface area (Å²) in [6.07, 6.45) is 18.9. The van der Waals surface area contributed by atoms with E-state index < -0.39 is 0 Å². The van der Waals surface area contributed by atoms with Crippen molar-refractivity contribution < 1.29 is 4.74 Å². The van der Waals surface area contributed by atoms with Crippen LogP contribution in [-0.2, 0) is 4.74 Å². The van der Waals surface area contributed by atoms with Gasteiger partial charge in [0.1, 0.15) is 0 Å². The van der Waals surface area contributed by atoms with Gasteiger partial charge in [0.2, 0.25) is 0 Å². The molecule has 2 nitrogen and oxygen atoms in total. The monoisotopic (exact) mass is 445 g/mol. The zero-order valence-electron chi connectivity index (χ0n) is 22.2. The van der Waals surface area contributed by atoms with E-state index in [2.05, 4.69) is 34.6 Å². The van der Waals surface area contributed by atoms with Gasteiger partial charge in [0.05, 0.1) is 6.10 Å². The standard InChI is InChI=1S/C30H55NO/c1-21(2)9-6-10-22(3)25-15-16-26-24-14-13-23-11-7-12-28(32-20-8-19-31)30(23,5)27(24)17-18-29(25,26)4/h21-28H,6-20,31H2,1-5H3/t22-,23?,24+,25-,26+,27+,28?,29-,30+/m1/s1. The molecule has 2 N–H and O–H groups in total. The van der Waals surface area contributed by atoms with Crippen molar-refractivity contribution in [3.05, 3.63) is 0 Å². The summed E-state index contributed by atoms with van der Waals surface area (Å²) < 4.78 is 6.62. The molecule has 4 aliphatic rings. The van der Waals surface area contributed by atoms with E-state index in [9.17, 15) is 0 Å². The van der Waals surface area contributed by atoms with Gasteiger partial charge in [-0.15, -0.1) is 0 Å². The van der Waals surface area contributed by atoms with E-state index in [0.29, 0.717) is 16.9 Å². The van der Waals surface area contributed by atoms with Crippen molar-refractivity contribution >= 4 is 0 Å². The largest absolute Gasteiger partial charge is 0.378 e. The normalized spacial score (nSPS) is 44.7. The van der Waals surface area contributed by atoms with Crippen molar-refractivity contribution in [3.8, 4) is 0 Å². The number of hydrogen-bond donors (Lipinski definition) is 1. The van der Waals surface area contributed by atoms with Gasteiger partial charge in [0.25, 0.3) is 0 Å². The quantitative estimate of drug-likeness (QED) is 0.367. The van der Waals surface area contributed by atoms with Gasteiger partial charge in [-0.1, -0.05) is 60.3 Å². The first kappa shape index (κ1) is 25.0. The van der Waals surface area contributed by atoms with E-state index in [4.69, 9.17) is 10.5 Å². The van der Waals surface area contributed by atoms with Gasteiger partial charge in [-0.05, 0) is 117 Å². The molecule has 0 bridgehead atoms. The molecule has 32 heavy (non-hydrogen) atoms. The van der Waals surface area contributed by atoms with Crippen molar-refractivity contribution in [2.75, 3.05) is 13.2 Å².